The van der Waals surface area contributed by atoms with E-state index in [0.29, 0.717) is 28.3 Å². The summed E-state index contributed by atoms with van der Waals surface area (Å²) in [5.41, 5.74) is 14.6. The number of benzene rings is 3. The summed E-state index contributed by atoms with van der Waals surface area (Å²) in [7, 11) is 1.48. The van der Waals surface area contributed by atoms with E-state index < -0.39 is 12.0 Å². The van der Waals surface area contributed by atoms with Crippen LogP contribution in [0.5, 0.6) is 11.5 Å². The predicted molar refractivity (Wildman–Crippen MR) is 124 cm³/mol. The molecule has 0 saturated carbocycles. The van der Waals surface area contributed by atoms with Crippen LogP contribution in [0.2, 0.25) is 0 Å². The molecule has 0 amide bonds. The van der Waals surface area contributed by atoms with Gasteiger partial charge in [0.2, 0.25) is 0 Å². The number of carboxylic acids is 1. The first-order valence-electron chi connectivity index (χ1n) is 10.1. The Kier molecular flexibility index (Phi) is 7.37. The molecule has 7 N–H and O–H groups in total. The topological polar surface area (TPSA) is 167 Å². The van der Waals surface area contributed by atoms with Crippen molar-refractivity contribution in [1.82, 2.24) is 0 Å². The summed E-state index contributed by atoms with van der Waals surface area (Å²) in [5, 5.41) is 31.8. The molecular formula is C24H25N4O5-. The van der Waals surface area contributed by atoms with E-state index >= 15 is 0 Å². The number of nitrogen functional groups attached to an aromatic ring is 2. The number of amidine groups is 1. The molecule has 0 aliphatic rings. The van der Waals surface area contributed by atoms with Crippen LogP contribution in [0.15, 0.2) is 60.7 Å². The first kappa shape index (κ1) is 23.4. The van der Waals surface area contributed by atoms with Crippen molar-refractivity contribution in [1.29, 1.82) is 5.41 Å². The Morgan fingerprint density at radius 2 is 1.88 bits per heavy atom. The van der Waals surface area contributed by atoms with E-state index in [1.165, 1.54) is 7.11 Å². The fourth-order valence-electron chi connectivity index (χ4n) is 3.36. The summed E-state index contributed by atoms with van der Waals surface area (Å²) in [5.74, 6) is -0.839. The van der Waals surface area contributed by atoms with Crippen molar-refractivity contribution in [2.24, 2.45) is 5.73 Å². The molecule has 33 heavy (non-hydrogen) atoms. The molecule has 0 radical (unpaired) electrons. The highest BCUT2D eigenvalue weighted by atomic mass is 16.5. The number of methoxy groups -OCH3 is 1. The van der Waals surface area contributed by atoms with Gasteiger partial charge in [-0.05, 0) is 54.1 Å². The maximum absolute atomic E-state index is 12.1. The number of nitrogens with two attached hydrogens (primary N) is 2. The second-order valence-corrected chi connectivity index (χ2v) is 7.18. The van der Waals surface area contributed by atoms with E-state index in [1.807, 2.05) is 6.07 Å². The first-order valence-corrected chi connectivity index (χ1v) is 10.1. The van der Waals surface area contributed by atoms with Gasteiger partial charge in [-0.15, -0.1) is 0 Å². The molecule has 3 rings (SSSR count). The SMILES string of the molecule is COc1cc(C(Nc2ccc(C(=N)N)cc2)C(=O)[O-])c(OCCO)cc1-c1cccc(N)c1. The summed E-state index contributed by atoms with van der Waals surface area (Å²) in [6, 6.07) is 15.5. The zero-order chi connectivity index (χ0) is 24.0. The van der Waals surface area contributed by atoms with Gasteiger partial charge in [-0.25, -0.2) is 0 Å². The lowest BCUT2D eigenvalue weighted by molar-refractivity contribution is -0.307. The van der Waals surface area contributed by atoms with Crippen molar-refractivity contribution < 1.29 is 24.5 Å². The molecule has 9 heteroatoms. The number of carbonyl (C=O) groups is 1. The molecule has 3 aromatic rings. The predicted octanol–water partition coefficient (Wildman–Crippen LogP) is 1.50. The van der Waals surface area contributed by atoms with Gasteiger partial charge >= 0.3 is 0 Å². The highest BCUT2D eigenvalue weighted by Crippen LogP contribution is 2.40. The monoisotopic (exact) mass is 449 g/mol. The average Bonchev–Trinajstić information content (AvgIpc) is 2.80. The molecule has 1 atom stereocenters. The number of aliphatic hydroxyl groups excluding tert-OH is 1. The van der Waals surface area contributed by atoms with E-state index in [9.17, 15) is 15.0 Å². The summed E-state index contributed by atoms with van der Waals surface area (Å²) < 4.78 is 11.2. The minimum atomic E-state index is -1.39. The van der Waals surface area contributed by atoms with E-state index in [2.05, 4.69) is 5.32 Å². The molecule has 9 nitrogen and oxygen atoms in total. The minimum Gasteiger partial charge on any atom is -0.548 e. The zero-order valence-electron chi connectivity index (χ0n) is 18.0. The van der Waals surface area contributed by atoms with Crippen LogP contribution in [0.25, 0.3) is 11.1 Å². The third-order valence-electron chi connectivity index (χ3n) is 4.93. The minimum absolute atomic E-state index is 0.0389. The number of nitrogens with one attached hydrogen (secondary N) is 2. The number of rotatable bonds is 10. The highest BCUT2D eigenvalue weighted by Gasteiger charge is 2.22. The maximum Gasteiger partial charge on any atom is 0.127 e. The second kappa shape index (κ2) is 10.4. The summed E-state index contributed by atoms with van der Waals surface area (Å²) in [6.45, 7) is -0.294. The van der Waals surface area contributed by atoms with Crippen molar-refractivity contribution in [3.05, 3.63) is 71.8 Å². The Morgan fingerprint density at radius 1 is 1.15 bits per heavy atom. The lowest BCUT2D eigenvalue weighted by Crippen LogP contribution is -2.34. The standard InChI is InChI=1S/C24H26N4O5/c1-32-20-13-19(22(24(30)31)28-17-7-5-14(6-8-17)23(26)27)21(33-10-9-29)12-18(20)15-3-2-4-16(25)11-15/h2-8,11-13,22,28-29H,9-10,25H2,1H3,(H3,26,27)(H,30,31)/p-1. The van der Waals surface area contributed by atoms with Crippen LogP contribution in [0.4, 0.5) is 11.4 Å². The molecule has 0 spiro atoms. The lowest BCUT2D eigenvalue weighted by Gasteiger charge is -2.25. The van der Waals surface area contributed by atoms with Crippen LogP contribution in [0.3, 0.4) is 0 Å². The van der Waals surface area contributed by atoms with E-state index in [1.54, 1.807) is 54.6 Å². The smallest absolute Gasteiger partial charge is 0.127 e. The first-order chi connectivity index (χ1) is 15.8. The van der Waals surface area contributed by atoms with Crippen molar-refractivity contribution in [2.75, 3.05) is 31.4 Å². The number of carboxylic acid groups (broad SMARTS) is 1. The van der Waals surface area contributed by atoms with Gasteiger partial charge in [-0.2, -0.15) is 0 Å². The van der Waals surface area contributed by atoms with Gasteiger partial charge in [-0.1, -0.05) is 12.1 Å². The number of aliphatic carboxylic acids is 1. The summed E-state index contributed by atoms with van der Waals surface area (Å²) >= 11 is 0. The van der Waals surface area contributed by atoms with Gasteiger partial charge in [0.25, 0.3) is 0 Å². The van der Waals surface area contributed by atoms with Gasteiger partial charge in [-0.3, -0.25) is 5.41 Å². The van der Waals surface area contributed by atoms with Crippen LogP contribution < -0.4 is 31.4 Å². The van der Waals surface area contributed by atoms with Crippen molar-refractivity contribution in [3.63, 3.8) is 0 Å². The van der Waals surface area contributed by atoms with E-state index in [0.717, 1.165) is 5.56 Å². The molecular weight excluding hydrogens is 424 g/mol. The van der Waals surface area contributed by atoms with Crippen molar-refractivity contribution in [3.8, 4) is 22.6 Å². The summed E-state index contributed by atoms with van der Waals surface area (Å²) in [4.78, 5) is 12.1. The Labute approximate surface area is 191 Å². The van der Waals surface area contributed by atoms with Crippen LogP contribution >= 0.6 is 0 Å². The summed E-state index contributed by atoms with van der Waals surface area (Å²) in [6.07, 6.45) is 0. The molecule has 0 fully saturated rings. The molecule has 0 bridgehead atoms. The Hall–Kier alpha value is -4.24. The zero-order valence-corrected chi connectivity index (χ0v) is 18.0. The maximum atomic E-state index is 12.1. The van der Waals surface area contributed by atoms with Gasteiger partial charge in [0.1, 0.15) is 23.9 Å². The third kappa shape index (κ3) is 5.52. The number of ether oxygens (including phenoxy) is 2. The molecule has 0 saturated heterocycles. The fourth-order valence-corrected chi connectivity index (χ4v) is 3.36. The lowest BCUT2D eigenvalue weighted by atomic mass is 9.97. The highest BCUT2D eigenvalue weighted by molar-refractivity contribution is 5.95. The van der Waals surface area contributed by atoms with E-state index in [-0.39, 0.29) is 30.4 Å². The third-order valence-corrected chi connectivity index (χ3v) is 4.93. The Morgan fingerprint density at radius 3 is 2.45 bits per heavy atom. The van der Waals surface area contributed by atoms with Crippen molar-refractivity contribution in [2.45, 2.75) is 6.04 Å². The number of anilines is 2. The van der Waals surface area contributed by atoms with Crippen molar-refractivity contribution >= 4 is 23.2 Å². The molecule has 0 heterocycles. The van der Waals surface area contributed by atoms with E-state index in [4.69, 9.17) is 26.4 Å². The molecule has 3 aromatic carbocycles. The number of hydrogen-bond acceptors (Lipinski definition) is 8. The largest absolute Gasteiger partial charge is 0.548 e. The van der Waals surface area contributed by atoms with Crippen LogP contribution in [0.1, 0.15) is 17.2 Å². The number of carbonyl (C=O) groups excluding carboxylic acids is 1. The normalized spacial score (nSPS) is 11.5. The second-order valence-electron chi connectivity index (χ2n) is 7.18. The molecule has 1 unspecified atom stereocenters. The molecule has 172 valence electrons. The van der Waals surface area contributed by atoms with Gasteiger partial charge in [0, 0.05) is 28.1 Å². The molecule has 0 aromatic heterocycles. The quantitative estimate of drug-likeness (QED) is 0.176. The average molecular weight is 449 g/mol. The van der Waals surface area contributed by atoms with Crippen LogP contribution in [-0.4, -0.2) is 37.2 Å². The Bertz CT molecular complexity index is 1150. The molecule has 0 aliphatic heterocycles. The van der Waals surface area contributed by atoms with Crippen LogP contribution in [0, 0.1) is 5.41 Å². The van der Waals surface area contributed by atoms with Gasteiger partial charge < -0.3 is 41.3 Å². The Balaban J connectivity index is 2.08. The van der Waals surface area contributed by atoms with Gasteiger partial charge in [0.15, 0.2) is 0 Å². The number of aliphatic hydroxyl groups is 1. The van der Waals surface area contributed by atoms with Gasteiger partial charge in [0.05, 0.1) is 25.7 Å². The molecule has 0 aliphatic carbocycles. The fraction of sp³-hybridized carbons (Fsp3) is 0.167. The number of hydrogen-bond donors (Lipinski definition) is 5. The van der Waals surface area contributed by atoms with Crippen LogP contribution in [-0.2, 0) is 4.79 Å².